The number of carbonyl (C=O) groups is 3. The quantitative estimate of drug-likeness (QED) is 0.364. The standard InChI is InChI=1S/C20H17F3N2O4S/c1-30-14-8-6-13(7-9-14)25-18(27)12-29-19(28)15-4-2-3-5-16(15)24-11-10-17(26)20(21,22)23/h2-11,24H,12H2,1H3,(H,25,27)/b11-10+. The molecule has 0 atom stereocenters. The fourth-order valence-electron chi connectivity index (χ4n) is 2.17. The van der Waals surface area contributed by atoms with Crippen molar-refractivity contribution in [1.82, 2.24) is 0 Å². The average molecular weight is 438 g/mol. The van der Waals surface area contributed by atoms with Crippen molar-refractivity contribution in [2.24, 2.45) is 0 Å². The maximum Gasteiger partial charge on any atom is 0.454 e. The summed E-state index contributed by atoms with van der Waals surface area (Å²) in [5, 5.41) is 5.01. The highest BCUT2D eigenvalue weighted by Crippen LogP contribution is 2.19. The number of rotatable bonds is 8. The second-order valence-corrected chi connectivity index (χ2v) is 6.62. The molecule has 0 bridgehead atoms. The largest absolute Gasteiger partial charge is 0.454 e. The molecule has 1 amide bonds. The van der Waals surface area contributed by atoms with E-state index in [1.54, 1.807) is 23.9 Å². The summed E-state index contributed by atoms with van der Waals surface area (Å²) in [6.07, 6.45) is -1.99. The summed E-state index contributed by atoms with van der Waals surface area (Å²) in [5.74, 6) is -3.46. The van der Waals surface area contributed by atoms with Crippen LogP contribution in [0.4, 0.5) is 24.5 Å². The van der Waals surface area contributed by atoms with Crippen molar-refractivity contribution in [2.45, 2.75) is 11.1 Å². The molecule has 30 heavy (non-hydrogen) atoms. The van der Waals surface area contributed by atoms with Gasteiger partial charge in [0.25, 0.3) is 11.7 Å². The van der Waals surface area contributed by atoms with E-state index in [2.05, 4.69) is 10.6 Å². The Hall–Kier alpha value is -3.27. The van der Waals surface area contributed by atoms with Crippen LogP contribution in [0.1, 0.15) is 10.4 Å². The number of ketones is 1. The summed E-state index contributed by atoms with van der Waals surface area (Å²) in [6, 6.07) is 12.9. The highest BCUT2D eigenvalue weighted by molar-refractivity contribution is 7.98. The predicted molar refractivity (Wildman–Crippen MR) is 107 cm³/mol. The second-order valence-electron chi connectivity index (χ2n) is 5.74. The maximum atomic E-state index is 12.2. The Kier molecular flexibility index (Phi) is 8.05. The number of allylic oxidation sites excluding steroid dienone is 1. The molecule has 10 heteroatoms. The van der Waals surface area contributed by atoms with Gasteiger partial charge < -0.3 is 15.4 Å². The molecule has 2 N–H and O–H groups in total. The number of carbonyl (C=O) groups excluding carboxylic acids is 3. The Morgan fingerprint density at radius 1 is 1.07 bits per heavy atom. The van der Waals surface area contributed by atoms with Gasteiger partial charge in [-0.25, -0.2) is 4.79 Å². The van der Waals surface area contributed by atoms with Gasteiger partial charge in [-0.2, -0.15) is 13.2 Å². The normalized spacial score (nSPS) is 11.2. The highest BCUT2D eigenvalue weighted by Gasteiger charge is 2.36. The monoisotopic (exact) mass is 438 g/mol. The minimum Gasteiger partial charge on any atom is -0.452 e. The molecule has 158 valence electrons. The van der Waals surface area contributed by atoms with Crippen LogP contribution in [-0.4, -0.2) is 36.7 Å². The summed E-state index contributed by atoms with van der Waals surface area (Å²) < 4.78 is 41.6. The summed E-state index contributed by atoms with van der Waals surface area (Å²) in [6.45, 7) is -0.556. The number of esters is 1. The number of anilines is 2. The van der Waals surface area contributed by atoms with Crippen molar-refractivity contribution in [3.63, 3.8) is 0 Å². The summed E-state index contributed by atoms with van der Waals surface area (Å²) in [7, 11) is 0. The fourth-order valence-corrected chi connectivity index (χ4v) is 2.58. The number of thioether (sulfide) groups is 1. The summed E-state index contributed by atoms with van der Waals surface area (Å²) in [4.78, 5) is 36.1. The minimum absolute atomic E-state index is 0.0151. The number of benzene rings is 2. The first-order chi connectivity index (χ1) is 14.2. The molecule has 0 aliphatic rings. The average Bonchev–Trinajstić information content (AvgIpc) is 2.72. The van der Waals surface area contributed by atoms with Crippen molar-refractivity contribution in [1.29, 1.82) is 0 Å². The van der Waals surface area contributed by atoms with Crippen molar-refractivity contribution in [3.8, 4) is 0 Å². The number of alkyl halides is 3. The molecule has 6 nitrogen and oxygen atoms in total. The molecule has 0 heterocycles. The third kappa shape index (κ3) is 6.96. The second kappa shape index (κ2) is 10.5. The Labute approximate surface area is 174 Å². The van der Waals surface area contributed by atoms with Crippen LogP contribution in [-0.2, 0) is 14.3 Å². The summed E-state index contributed by atoms with van der Waals surface area (Å²) >= 11 is 1.55. The zero-order valence-corrected chi connectivity index (χ0v) is 16.5. The first-order valence-corrected chi connectivity index (χ1v) is 9.67. The van der Waals surface area contributed by atoms with Gasteiger partial charge >= 0.3 is 12.1 Å². The molecular weight excluding hydrogens is 421 g/mol. The van der Waals surface area contributed by atoms with Gasteiger partial charge in [0.1, 0.15) is 0 Å². The van der Waals surface area contributed by atoms with E-state index in [-0.39, 0.29) is 11.3 Å². The van der Waals surface area contributed by atoms with Gasteiger partial charge in [0.2, 0.25) is 0 Å². The molecule has 0 fully saturated rings. The van der Waals surface area contributed by atoms with Gasteiger partial charge in [0, 0.05) is 22.9 Å². The van der Waals surface area contributed by atoms with Gasteiger partial charge in [-0.05, 0) is 42.7 Å². The number of para-hydroxylation sites is 1. The van der Waals surface area contributed by atoms with Crippen LogP contribution in [0.15, 0.2) is 65.7 Å². The molecule has 0 unspecified atom stereocenters. The third-order valence-corrected chi connectivity index (χ3v) is 4.35. The van der Waals surface area contributed by atoms with E-state index < -0.39 is 30.4 Å². The molecule has 0 saturated heterocycles. The van der Waals surface area contributed by atoms with Crippen molar-refractivity contribution < 1.29 is 32.3 Å². The predicted octanol–water partition coefficient (Wildman–Crippen LogP) is 4.26. The van der Waals surface area contributed by atoms with Crippen LogP contribution in [0.3, 0.4) is 0 Å². The van der Waals surface area contributed by atoms with E-state index in [0.717, 1.165) is 11.1 Å². The van der Waals surface area contributed by atoms with E-state index in [9.17, 15) is 27.6 Å². The van der Waals surface area contributed by atoms with E-state index in [4.69, 9.17) is 4.74 Å². The van der Waals surface area contributed by atoms with Crippen LogP contribution >= 0.6 is 11.8 Å². The van der Waals surface area contributed by atoms with Gasteiger partial charge in [0.15, 0.2) is 6.61 Å². The van der Waals surface area contributed by atoms with E-state index >= 15 is 0 Å². The Morgan fingerprint density at radius 3 is 2.37 bits per heavy atom. The minimum atomic E-state index is -4.99. The molecule has 0 saturated carbocycles. The van der Waals surface area contributed by atoms with Crippen LogP contribution < -0.4 is 10.6 Å². The lowest BCUT2D eigenvalue weighted by Crippen LogP contribution is -2.21. The first kappa shape index (κ1) is 23.0. The zero-order chi connectivity index (χ0) is 22.1. The number of hydrogen-bond donors (Lipinski definition) is 2. The van der Waals surface area contributed by atoms with E-state index in [0.29, 0.717) is 11.8 Å². The highest BCUT2D eigenvalue weighted by atomic mass is 32.2. The number of amides is 1. The molecule has 2 aromatic rings. The first-order valence-electron chi connectivity index (χ1n) is 8.45. The number of halogens is 3. The molecule has 0 aliphatic carbocycles. The molecule has 0 aromatic heterocycles. The maximum absolute atomic E-state index is 12.2. The van der Waals surface area contributed by atoms with Crippen molar-refractivity contribution >= 4 is 40.8 Å². The molecule has 2 aromatic carbocycles. The van der Waals surface area contributed by atoms with Gasteiger partial charge in [0.05, 0.1) is 11.3 Å². The third-order valence-electron chi connectivity index (χ3n) is 3.61. The zero-order valence-electron chi connectivity index (χ0n) is 15.7. The molecule has 0 aliphatic heterocycles. The summed E-state index contributed by atoms with van der Waals surface area (Å²) in [5.41, 5.74) is 0.635. The van der Waals surface area contributed by atoms with Gasteiger partial charge in [-0.3, -0.25) is 9.59 Å². The smallest absolute Gasteiger partial charge is 0.452 e. The van der Waals surface area contributed by atoms with Crippen molar-refractivity contribution in [2.75, 3.05) is 23.5 Å². The van der Waals surface area contributed by atoms with Gasteiger partial charge in [-0.1, -0.05) is 12.1 Å². The lowest BCUT2D eigenvalue weighted by atomic mass is 10.2. The van der Waals surface area contributed by atoms with Crippen LogP contribution in [0.2, 0.25) is 0 Å². The van der Waals surface area contributed by atoms with Gasteiger partial charge in [-0.15, -0.1) is 11.8 Å². The fraction of sp³-hybridized carbons (Fsp3) is 0.150. The number of hydrogen-bond acceptors (Lipinski definition) is 6. The topological polar surface area (TPSA) is 84.5 Å². The SMILES string of the molecule is CSc1ccc(NC(=O)COC(=O)c2ccccc2N/C=C/C(=O)C(F)(F)F)cc1. The van der Waals surface area contributed by atoms with Crippen LogP contribution in [0, 0.1) is 0 Å². The lowest BCUT2D eigenvalue weighted by Gasteiger charge is -2.10. The van der Waals surface area contributed by atoms with Crippen LogP contribution in [0.25, 0.3) is 0 Å². The molecule has 2 rings (SSSR count). The Balaban J connectivity index is 1.94. The molecule has 0 radical (unpaired) electrons. The lowest BCUT2D eigenvalue weighted by molar-refractivity contribution is -0.165. The molecule has 0 spiro atoms. The van der Waals surface area contributed by atoms with Crippen molar-refractivity contribution in [3.05, 3.63) is 66.4 Å². The number of ether oxygens (including phenoxy) is 1. The molecular formula is C20H17F3N2O4S. The number of nitrogens with one attached hydrogen (secondary N) is 2. The Morgan fingerprint density at radius 2 is 1.73 bits per heavy atom. The van der Waals surface area contributed by atoms with Crippen LogP contribution in [0.5, 0.6) is 0 Å². The van der Waals surface area contributed by atoms with E-state index in [1.165, 1.54) is 24.3 Å². The van der Waals surface area contributed by atoms with E-state index in [1.807, 2.05) is 18.4 Å². The Bertz CT molecular complexity index is 944.